The molecule has 0 fully saturated rings. The van der Waals surface area contributed by atoms with Crippen molar-refractivity contribution in [2.24, 2.45) is 11.7 Å². The first-order valence-electron chi connectivity index (χ1n) is 5.77. The van der Waals surface area contributed by atoms with Gasteiger partial charge in [-0.05, 0) is 36.6 Å². The van der Waals surface area contributed by atoms with Crippen LogP contribution >= 0.6 is 0 Å². The molecule has 0 spiro atoms. The van der Waals surface area contributed by atoms with E-state index in [1.807, 2.05) is 13.0 Å². The summed E-state index contributed by atoms with van der Waals surface area (Å²) in [5.74, 6) is -1.81. The first kappa shape index (κ1) is 12.6. The molecular weight excluding hydrogens is 232 g/mol. The number of β-amino-alcohol motifs (C(OH)–C–C–N with tert-alkyl or cyclic N) is 1. The van der Waals surface area contributed by atoms with Crippen molar-refractivity contribution in [3.05, 3.63) is 29.3 Å². The number of amides is 2. The summed E-state index contributed by atoms with van der Waals surface area (Å²) in [6.45, 7) is 1.89. The van der Waals surface area contributed by atoms with Gasteiger partial charge < -0.3 is 15.7 Å². The lowest BCUT2D eigenvalue weighted by molar-refractivity contribution is -0.132. The molecule has 0 aromatic heterocycles. The Morgan fingerprint density at radius 3 is 3.00 bits per heavy atom. The molecule has 2 rings (SSSR count). The van der Waals surface area contributed by atoms with Crippen LogP contribution < -0.4 is 10.6 Å². The number of nitrogens with zero attached hydrogens (tertiary/aromatic N) is 1. The topological polar surface area (TPSA) is 83.6 Å². The predicted octanol–water partition coefficient (Wildman–Crippen LogP) is -0.222. The Balaban J connectivity index is 2.46. The SMILES string of the molecule is Cc1[c]cc2c(c1)CC(C(N)=O)C(=O)N2CCO. The fourth-order valence-corrected chi connectivity index (χ4v) is 2.23. The van der Waals surface area contributed by atoms with E-state index in [4.69, 9.17) is 10.8 Å². The smallest absolute Gasteiger partial charge is 0.239 e. The molecule has 1 heterocycles. The monoisotopic (exact) mass is 247 g/mol. The lowest BCUT2D eigenvalue weighted by Gasteiger charge is -2.32. The molecule has 5 heteroatoms. The molecule has 1 aliphatic rings. The van der Waals surface area contributed by atoms with Gasteiger partial charge in [0, 0.05) is 12.2 Å². The van der Waals surface area contributed by atoms with Crippen LogP contribution in [0, 0.1) is 18.9 Å². The van der Waals surface area contributed by atoms with Gasteiger partial charge in [0.05, 0.1) is 6.61 Å². The minimum atomic E-state index is -0.842. The number of aryl methyl sites for hydroxylation is 1. The molecule has 95 valence electrons. The Morgan fingerprint density at radius 2 is 2.39 bits per heavy atom. The van der Waals surface area contributed by atoms with Gasteiger partial charge in [0.15, 0.2) is 0 Å². The van der Waals surface area contributed by atoms with E-state index in [0.29, 0.717) is 12.1 Å². The molecule has 1 unspecified atom stereocenters. The van der Waals surface area contributed by atoms with E-state index in [1.165, 1.54) is 4.90 Å². The van der Waals surface area contributed by atoms with E-state index in [2.05, 4.69) is 6.07 Å². The van der Waals surface area contributed by atoms with Gasteiger partial charge in [-0.2, -0.15) is 0 Å². The fraction of sp³-hybridized carbons (Fsp3) is 0.385. The highest BCUT2D eigenvalue weighted by atomic mass is 16.3. The second kappa shape index (κ2) is 4.78. The standard InChI is InChI=1S/C13H15N2O3/c1-8-2-3-11-9(6-8)7-10(12(14)17)13(18)15(11)4-5-16/h3,6,10,16H,4-5,7H2,1H3,(H2,14,17). The molecule has 3 N–H and O–H groups in total. The number of anilines is 1. The van der Waals surface area contributed by atoms with Crippen molar-refractivity contribution in [3.63, 3.8) is 0 Å². The maximum absolute atomic E-state index is 12.1. The van der Waals surface area contributed by atoms with Gasteiger partial charge in [0.2, 0.25) is 11.8 Å². The average molecular weight is 247 g/mol. The largest absolute Gasteiger partial charge is 0.395 e. The third-order valence-electron chi connectivity index (χ3n) is 3.10. The molecule has 0 saturated heterocycles. The Bertz CT molecular complexity index is 499. The van der Waals surface area contributed by atoms with Crippen LogP contribution in [0.3, 0.4) is 0 Å². The Hall–Kier alpha value is -1.88. The number of fused-ring (bicyclic) bond motifs is 1. The second-order valence-corrected chi connectivity index (χ2v) is 4.40. The number of hydrogen-bond acceptors (Lipinski definition) is 3. The van der Waals surface area contributed by atoms with Crippen molar-refractivity contribution in [2.45, 2.75) is 13.3 Å². The summed E-state index contributed by atoms with van der Waals surface area (Å²) in [4.78, 5) is 24.8. The van der Waals surface area contributed by atoms with Crippen LogP contribution in [0.2, 0.25) is 0 Å². The van der Waals surface area contributed by atoms with Crippen LogP contribution in [0.4, 0.5) is 5.69 Å². The molecule has 5 nitrogen and oxygen atoms in total. The van der Waals surface area contributed by atoms with Crippen molar-refractivity contribution >= 4 is 17.5 Å². The summed E-state index contributed by atoms with van der Waals surface area (Å²) in [5.41, 5.74) is 7.79. The van der Waals surface area contributed by atoms with Crippen LogP contribution in [0.1, 0.15) is 11.1 Å². The number of carbonyl (C=O) groups excluding carboxylic acids is 2. The zero-order chi connectivity index (χ0) is 13.3. The van der Waals surface area contributed by atoms with E-state index in [-0.39, 0.29) is 19.1 Å². The predicted molar refractivity (Wildman–Crippen MR) is 65.8 cm³/mol. The minimum absolute atomic E-state index is 0.159. The summed E-state index contributed by atoms with van der Waals surface area (Å²) in [7, 11) is 0. The first-order chi connectivity index (χ1) is 8.54. The molecule has 2 amide bonds. The second-order valence-electron chi connectivity index (χ2n) is 4.40. The minimum Gasteiger partial charge on any atom is -0.395 e. The van der Waals surface area contributed by atoms with Crippen molar-refractivity contribution in [1.82, 2.24) is 0 Å². The van der Waals surface area contributed by atoms with Crippen molar-refractivity contribution in [1.29, 1.82) is 0 Å². The molecule has 18 heavy (non-hydrogen) atoms. The number of aliphatic hydroxyl groups is 1. The van der Waals surface area contributed by atoms with Gasteiger partial charge in [0.25, 0.3) is 0 Å². The normalized spacial score (nSPS) is 18.7. The van der Waals surface area contributed by atoms with Gasteiger partial charge in [-0.15, -0.1) is 0 Å². The van der Waals surface area contributed by atoms with Crippen molar-refractivity contribution in [2.75, 3.05) is 18.1 Å². The molecular formula is C13H15N2O3. The van der Waals surface area contributed by atoms with E-state index in [0.717, 1.165) is 11.1 Å². The lowest BCUT2D eigenvalue weighted by Crippen LogP contribution is -2.47. The molecule has 1 aromatic rings. The van der Waals surface area contributed by atoms with Gasteiger partial charge in [-0.25, -0.2) is 0 Å². The highest BCUT2D eigenvalue weighted by Gasteiger charge is 2.35. The van der Waals surface area contributed by atoms with Gasteiger partial charge >= 0.3 is 0 Å². The van der Waals surface area contributed by atoms with Crippen molar-refractivity contribution < 1.29 is 14.7 Å². The van der Waals surface area contributed by atoms with Crippen molar-refractivity contribution in [3.8, 4) is 0 Å². The number of carbonyl (C=O) groups is 2. The van der Waals surface area contributed by atoms with Crippen LogP contribution in [0.5, 0.6) is 0 Å². The Labute approximate surface area is 105 Å². The quantitative estimate of drug-likeness (QED) is 0.724. The molecule has 1 aliphatic heterocycles. The zero-order valence-corrected chi connectivity index (χ0v) is 10.1. The van der Waals surface area contributed by atoms with Gasteiger partial charge in [-0.3, -0.25) is 9.59 Å². The number of hydrogen-bond donors (Lipinski definition) is 2. The number of rotatable bonds is 3. The molecule has 0 bridgehead atoms. The number of nitrogens with two attached hydrogens (primary N) is 1. The number of aliphatic hydroxyl groups excluding tert-OH is 1. The molecule has 1 atom stereocenters. The highest BCUT2D eigenvalue weighted by molar-refractivity contribution is 6.09. The average Bonchev–Trinajstić information content (AvgIpc) is 2.32. The van der Waals surface area contributed by atoms with Crippen LogP contribution in [0.15, 0.2) is 12.1 Å². The van der Waals surface area contributed by atoms with E-state index < -0.39 is 11.8 Å². The van der Waals surface area contributed by atoms with Crippen LogP contribution in [0.25, 0.3) is 0 Å². The van der Waals surface area contributed by atoms with Gasteiger partial charge in [0.1, 0.15) is 5.92 Å². The third kappa shape index (κ3) is 2.09. The number of primary amides is 1. The zero-order valence-electron chi connectivity index (χ0n) is 10.1. The maximum Gasteiger partial charge on any atom is 0.239 e. The summed E-state index contributed by atoms with van der Waals surface area (Å²) in [5, 5.41) is 9.02. The highest BCUT2D eigenvalue weighted by Crippen LogP contribution is 2.30. The lowest BCUT2D eigenvalue weighted by atomic mass is 9.90. The summed E-state index contributed by atoms with van der Waals surface area (Å²) >= 11 is 0. The van der Waals surface area contributed by atoms with Crippen LogP contribution in [-0.2, 0) is 16.0 Å². The molecule has 0 aliphatic carbocycles. The first-order valence-corrected chi connectivity index (χ1v) is 5.77. The summed E-state index contributed by atoms with van der Waals surface area (Å²) in [6.07, 6.45) is 0.320. The maximum atomic E-state index is 12.1. The number of benzene rings is 1. The summed E-state index contributed by atoms with van der Waals surface area (Å²) < 4.78 is 0. The van der Waals surface area contributed by atoms with E-state index in [9.17, 15) is 9.59 Å². The Morgan fingerprint density at radius 1 is 1.67 bits per heavy atom. The van der Waals surface area contributed by atoms with Gasteiger partial charge in [-0.1, -0.05) is 6.07 Å². The third-order valence-corrected chi connectivity index (χ3v) is 3.10. The van der Waals surface area contributed by atoms with Crippen LogP contribution in [-0.4, -0.2) is 30.1 Å². The molecule has 1 aromatic carbocycles. The molecule has 0 saturated carbocycles. The van der Waals surface area contributed by atoms with E-state index in [1.54, 1.807) is 6.07 Å². The summed E-state index contributed by atoms with van der Waals surface area (Å²) in [6, 6.07) is 6.63. The Kier molecular flexibility index (Phi) is 3.34. The van der Waals surface area contributed by atoms with E-state index >= 15 is 0 Å². The molecule has 1 radical (unpaired) electrons. The fourth-order valence-electron chi connectivity index (χ4n) is 2.23.